The molecule has 1 N–H and O–H groups in total. The summed E-state index contributed by atoms with van der Waals surface area (Å²) in [4.78, 5) is 0. The Morgan fingerprint density at radius 3 is 1.48 bits per heavy atom. The van der Waals surface area contributed by atoms with Gasteiger partial charge in [0.1, 0.15) is 5.60 Å². The van der Waals surface area contributed by atoms with Crippen molar-refractivity contribution in [1.82, 2.24) is 0 Å². The molecule has 0 heterocycles. The van der Waals surface area contributed by atoms with Gasteiger partial charge < -0.3 is 5.11 Å². The van der Waals surface area contributed by atoms with Crippen LogP contribution in [-0.4, -0.2) is 34.7 Å². The van der Waals surface area contributed by atoms with E-state index >= 15 is 0 Å². The van der Waals surface area contributed by atoms with E-state index in [1.165, 1.54) is 24.3 Å². The highest BCUT2D eigenvalue weighted by Crippen LogP contribution is 2.58. The Kier molecular flexibility index (Phi) is 3.72. The lowest BCUT2D eigenvalue weighted by molar-refractivity contribution is -0.416. The average molecular weight is 352 g/mol. The van der Waals surface area contributed by atoms with Gasteiger partial charge in [-0.2, -0.15) is 39.5 Å². The van der Waals surface area contributed by atoms with Gasteiger partial charge in [0.15, 0.2) is 0 Å². The van der Waals surface area contributed by atoms with Crippen LogP contribution < -0.4 is 0 Å². The summed E-state index contributed by atoms with van der Waals surface area (Å²) >= 11 is 0. The lowest BCUT2D eigenvalue weighted by Gasteiger charge is -2.40. The second-order valence-electron chi connectivity index (χ2n) is 5.37. The molecule has 0 unspecified atom stereocenters. The van der Waals surface area contributed by atoms with E-state index in [0.717, 1.165) is 0 Å². The van der Waals surface area contributed by atoms with E-state index in [1.807, 2.05) is 0 Å². The van der Waals surface area contributed by atoms with Crippen LogP contribution in [0.25, 0.3) is 0 Å². The van der Waals surface area contributed by atoms with E-state index in [-0.39, 0.29) is 11.1 Å². The largest absolute Gasteiger partial charge is 0.460 e. The van der Waals surface area contributed by atoms with E-state index in [2.05, 4.69) is 0 Å². The molecule has 0 saturated heterocycles. The molecule has 2 rings (SSSR count). The predicted octanol–water partition coefficient (Wildman–Crippen LogP) is 3.98. The van der Waals surface area contributed by atoms with E-state index in [9.17, 15) is 44.6 Å². The minimum atomic E-state index is -7.01. The number of halogens is 9. The van der Waals surface area contributed by atoms with Crippen LogP contribution in [-0.2, 0) is 12.8 Å². The smallest absolute Gasteiger partial charge is 0.383 e. The quantitative estimate of drug-likeness (QED) is 0.816. The van der Waals surface area contributed by atoms with Crippen molar-refractivity contribution in [2.45, 2.75) is 42.4 Å². The Balaban J connectivity index is 2.46. The van der Waals surface area contributed by atoms with Gasteiger partial charge in [0.25, 0.3) is 0 Å². The van der Waals surface area contributed by atoms with Crippen LogP contribution in [0.15, 0.2) is 24.3 Å². The molecular formula is C13H9F9O. The van der Waals surface area contributed by atoms with Gasteiger partial charge in [-0.05, 0) is 11.1 Å². The number of alkyl halides is 9. The normalized spacial score (nSPS) is 18.9. The number of benzene rings is 1. The molecule has 0 spiro atoms. The maximum Gasteiger partial charge on any atom is 0.460 e. The fourth-order valence-electron chi connectivity index (χ4n) is 2.48. The molecule has 0 bridgehead atoms. The van der Waals surface area contributed by atoms with Crippen LogP contribution in [0, 0.1) is 0 Å². The number of rotatable bonds is 3. The fraction of sp³-hybridized carbons (Fsp3) is 0.538. The minimum absolute atomic E-state index is 0.0270. The zero-order valence-electron chi connectivity index (χ0n) is 11.1. The topological polar surface area (TPSA) is 20.2 Å². The molecule has 0 saturated carbocycles. The average Bonchev–Trinajstić information content (AvgIpc) is 2.74. The third kappa shape index (κ3) is 2.29. The monoisotopic (exact) mass is 352 g/mol. The van der Waals surface area contributed by atoms with Crippen LogP contribution in [0.1, 0.15) is 11.1 Å². The molecular weight excluding hydrogens is 343 g/mol. The van der Waals surface area contributed by atoms with E-state index < -0.39 is 42.4 Å². The zero-order chi connectivity index (χ0) is 17.9. The van der Waals surface area contributed by atoms with Gasteiger partial charge in [0.05, 0.1) is 0 Å². The van der Waals surface area contributed by atoms with Crippen LogP contribution in [0.3, 0.4) is 0 Å². The summed E-state index contributed by atoms with van der Waals surface area (Å²) in [5.74, 6) is -19.8. The molecule has 23 heavy (non-hydrogen) atoms. The molecule has 130 valence electrons. The second-order valence-corrected chi connectivity index (χ2v) is 5.37. The van der Waals surface area contributed by atoms with E-state index in [4.69, 9.17) is 0 Å². The van der Waals surface area contributed by atoms with Gasteiger partial charge >= 0.3 is 23.9 Å². The van der Waals surface area contributed by atoms with Crippen molar-refractivity contribution in [2.75, 3.05) is 0 Å². The number of hydrogen-bond donors (Lipinski definition) is 1. The van der Waals surface area contributed by atoms with Gasteiger partial charge in [0, 0.05) is 12.8 Å². The van der Waals surface area contributed by atoms with Gasteiger partial charge in [-0.1, -0.05) is 24.3 Å². The van der Waals surface area contributed by atoms with Crippen LogP contribution in [0.2, 0.25) is 0 Å². The summed E-state index contributed by atoms with van der Waals surface area (Å²) in [6.45, 7) is 0. The van der Waals surface area contributed by atoms with Crippen LogP contribution in [0.4, 0.5) is 39.5 Å². The maximum absolute atomic E-state index is 13.9. The number of hydrogen-bond acceptors (Lipinski definition) is 1. The Hall–Kier alpha value is -1.45. The summed E-state index contributed by atoms with van der Waals surface area (Å²) in [5, 5.41) is 9.77. The molecule has 1 aromatic rings. The Bertz CT molecular complexity index is 581. The molecule has 0 fully saturated rings. The van der Waals surface area contributed by atoms with Gasteiger partial charge in [0.2, 0.25) is 0 Å². The summed E-state index contributed by atoms with van der Waals surface area (Å²) < 4.78 is 117. The van der Waals surface area contributed by atoms with Gasteiger partial charge in [-0.3, -0.25) is 0 Å². The first kappa shape index (κ1) is 17.9. The molecule has 1 aliphatic carbocycles. The number of aliphatic hydroxyl groups is 1. The second kappa shape index (κ2) is 4.78. The molecule has 0 aliphatic heterocycles. The summed E-state index contributed by atoms with van der Waals surface area (Å²) in [6.07, 6.45) is -9.23. The molecule has 0 amide bonds. The van der Waals surface area contributed by atoms with E-state index in [0.29, 0.717) is 0 Å². The first-order chi connectivity index (χ1) is 10.2. The van der Waals surface area contributed by atoms with Crippen molar-refractivity contribution in [3.8, 4) is 0 Å². The van der Waals surface area contributed by atoms with Crippen molar-refractivity contribution in [3.05, 3.63) is 35.4 Å². The summed E-state index contributed by atoms with van der Waals surface area (Å²) in [7, 11) is 0. The third-order valence-electron chi connectivity index (χ3n) is 3.81. The third-order valence-corrected chi connectivity index (χ3v) is 3.81. The van der Waals surface area contributed by atoms with Crippen molar-refractivity contribution < 1.29 is 44.6 Å². The van der Waals surface area contributed by atoms with Crippen molar-refractivity contribution in [2.24, 2.45) is 0 Å². The predicted molar refractivity (Wildman–Crippen MR) is 59.7 cm³/mol. The molecule has 1 aromatic carbocycles. The first-order valence-electron chi connectivity index (χ1n) is 6.17. The highest BCUT2D eigenvalue weighted by Gasteiger charge is 2.85. The summed E-state index contributed by atoms with van der Waals surface area (Å²) in [6, 6.07) is 5.02. The van der Waals surface area contributed by atoms with Crippen LogP contribution >= 0.6 is 0 Å². The molecule has 1 nitrogen and oxygen atoms in total. The maximum atomic E-state index is 13.9. The summed E-state index contributed by atoms with van der Waals surface area (Å²) in [5.41, 5.74) is -3.81. The number of fused-ring (bicyclic) bond motifs is 1. The highest BCUT2D eigenvalue weighted by atomic mass is 19.4. The lowest BCUT2D eigenvalue weighted by atomic mass is 9.85. The standard InChI is InChI=1S/C13H9F9O/c14-10(15,11(16,17)12(18,19)13(20,21)22)9(23)5-7-3-1-2-4-8(7)6-9/h1-4,23H,5-6H2. The zero-order valence-corrected chi connectivity index (χ0v) is 11.1. The molecule has 1 aliphatic rings. The van der Waals surface area contributed by atoms with Gasteiger partial charge in [-0.25, -0.2) is 0 Å². The van der Waals surface area contributed by atoms with E-state index in [1.54, 1.807) is 0 Å². The van der Waals surface area contributed by atoms with Crippen LogP contribution in [0.5, 0.6) is 0 Å². The Morgan fingerprint density at radius 2 is 1.13 bits per heavy atom. The first-order valence-corrected chi connectivity index (χ1v) is 6.17. The Morgan fingerprint density at radius 1 is 0.739 bits per heavy atom. The van der Waals surface area contributed by atoms with Crippen molar-refractivity contribution in [3.63, 3.8) is 0 Å². The van der Waals surface area contributed by atoms with Crippen molar-refractivity contribution >= 4 is 0 Å². The Labute approximate surface area is 123 Å². The highest BCUT2D eigenvalue weighted by molar-refractivity contribution is 5.37. The molecule has 10 heteroatoms. The van der Waals surface area contributed by atoms with Crippen molar-refractivity contribution in [1.29, 1.82) is 0 Å². The molecule has 0 aromatic heterocycles. The fourth-order valence-corrected chi connectivity index (χ4v) is 2.48. The van der Waals surface area contributed by atoms with Gasteiger partial charge in [-0.15, -0.1) is 0 Å². The minimum Gasteiger partial charge on any atom is -0.383 e. The molecule has 0 radical (unpaired) electrons. The molecule has 0 atom stereocenters. The SMILES string of the molecule is OC1(C(F)(F)C(F)(F)C(F)(F)C(F)(F)F)Cc2ccccc2C1. The lowest BCUT2D eigenvalue weighted by Crippen LogP contribution is -2.69.